The van der Waals surface area contributed by atoms with Crippen LogP contribution in [0.15, 0.2) is 34.9 Å². The van der Waals surface area contributed by atoms with Crippen LogP contribution in [0.3, 0.4) is 0 Å². The molecule has 0 fully saturated rings. The predicted molar refractivity (Wildman–Crippen MR) is 57.3 cm³/mol. The number of rotatable bonds is 4. The first-order chi connectivity index (χ1) is 8.15. The molecule has 0 amide bonds. The Morgan fingerprint density at radius 2 is 2.24 bits per heavy atom. The van der Waals surface area contributed by atoms with Crippen LogP contribution in [0, 0.1) is 5.82 Å². The molecule has 0 radical (unpaired) electrons. The fourth-order valence-electron chi connectivity index (χ4n) is 1.47. The highest BCUT2D eigenvalue weighted by Crippen LogP contribution is 2.09. The molecular weight excluding hydrogens is 225 g/mol. The number of aromatic nitrogens is 1. The lowest BCUT2D eigenvalue weighted by Gasteiger charge is -1.98. The van der Waals surface area contributed by atoms with Gasteiger partial charge >= 0.3 is 5.97 Å². The van der Waals surface area contributed by atoms with Gasteiger partial charge in [-0.2, -0.15) is 0 Å². The second-order valence-electron chi connectivity index (χ2n) is 3.56. The number of aryl methyl sites for hydroxylation is 2. The van der Waals surface area contributed by atoms with Gasteiger partial charge in [0.25, 0.3) is 0 Å². The Labute approximate surface area is 96.7 Å². The molecule has 0 atom stereocenters. The Balaban J connectivity index is 2.00. The third kappa shape index (κ3) is 2.90. The number of hydrogen-bond donors (Lipinski definition) is 1. The van der Waals surface area contributed by atoms with E-state index in [0.717, 1.165) is 11.8 Å². The fourth-order valence-corrected chi connectivity index (χ4v) is 1.47. The van der Waals surface area contributed by atoms with Gasteiger partial charge in [-0.05, 0) is 24.1 Å². The summed E-state index contributed by atoms with van der Waals surface area (Å²) in [6.45, 7) is 0. The van der Waals surface area contributed by atoms with Gasteiger partial charge in [-0.15, -0.1) is 0 Å². The van der Waals surface area contributed by atoms with Gasteiger partial charge < -0.3 is 9.52 Å². The van der Waals surface area contributed by atoms with E-state index in [0.29, 0.717) is 18.7 Å². The van der Waals surface area contributed by atoms with E-state index < -0.39 is 5.97 Å². The smallest absolute Gasteiger partial charge is 0.357 e. The summed E-state index contributed by atoms with van der Waals surface area (Å²) in [4.78, 5) is 14.3. The molecule has 0 saturated carbocycles. The molecule has 88 valence electrons. The monoisotopic (exact) mass is 235 g/mol. The fraction of sp³-hybridized carbons (Fsp3) is 0.167. The number of carbonyl (C=O) groups is 1. The normalized spacial score (nSPS) is 10.4. The molecule has 5 heteroatoms. The molecule has 1 aromatic heterocycles. The van der Waals surface area contributed by atoms with Gasteiger partial charge in [0.2, 0.25) is 0 Å². The lowest BCUT2D eigenvalue weighted by Crippen LogP contribution is -1.97. The van der Waals surface area contributed by atoms with Gasteiger partial charge in [0, 0.05) is 6.42 Å². The van der Waals surface area contributed by atoms with E-state index in [1.165, 1.54) is 12.1 Å². The van der Waals surface area contributed by atoms with E-state index in [1.807, 2.05) is 0 Å². The van der Waals surface area contributed by atoms with Crippen molar-refractivity contribution < 1.29 is 18.7 Å². The highest BCUT2D eigenvalue weighted by Gasteiger charge is 2.10. The van der Waals surface area contributed by atoms with Crippen molar-refractivity contribution in [1.29, 1.82) is 0 Å². The van der Waals surface area contributed by atoms with Crippen LogP contribution in [-0.2, 0) is 12.8 Å². The molecule has 2 rings (SSSR count). The Kier molecular flexibility index (Phi) is 3.18. The van der Waals surface area contributed by atoms with Crippen molar-refractivity contribution in [3.05, 3.63) is 53.5 Å². The molecule has 1 aromatic carbocycles. The molecule has 0 spiro atoms. The molecule has 0 aliphatic carbocycles. The minimum atomic E-state index is -1.12. The van der Waals surface area contributed by atoms with E-state index in [-0.39, 0.29) is 11.5 Å². The molecule has 1 heterocycles. The van der Waals surface area contributed by atoms with Crippen LogP contribution in [0.25, 0.3) is 0 Å². The molecular formula is C12H10FNO3. The van der Waals surface area contributed by atoms with Crippen LogP contribution >= 0.6 is 0 Å². The van der Waals surface area contributed by atoms with Crippen molar-refractivity contribution in [1.82, 2.24) is 4.98 Å². The van der Waals surface area contributed by atoms with Gasteiger partial charge in [0.05, 0.1) is 0 Å². The maximum atomic E-state index is 12.9. The van der Waals surface area contributed by atoms with E-state index in [2.05, 4.69) is 4.98 Å². The second kappa shape index (κ2) is 4.78. The summed E-state index contributed by atoms with van der Waals surface area (Å²) in [5.41, 5.74) is 0.708. The highest BCUT2D eigenvalue weighted by atomic mass is 19.1. The van der Waals surface area contributed by atoms with Crippen LogP contribution in [0.2, 0.25) is 0 Å². The van der Waals surface area contributed by atoms with E-state index in [1.54, 1.807) is 12.1 Å². The van der Waals surface area contributed by atoms with Gasteiger partial charge in [-0.25, -0.2) is 14.2 Å². The number of nitrogens with zero attached hydrogens (tertiary/aromatic N) is 1. The van der Waals surface area contributed by atoms with Crippen molar-refractivity contribution in [3.63, 3.8) is 0 Å². The van der Waals surface area contributed by atoms with Gasteiger partial charge in [-0.3, -0.25) is 0 Å². The largest absolute Gasteiger partial charge is 0.476 e. The van der Waals surface area contributed by atoms with Gasteiger partial charge in [-0.1, -0.05) is 12.1 Å². The molecule has 1 N–H and O–H groups in total. The number of aromatic carboxylic acids is 1. The van der Waals surface area contributed by atoms with Crippen molar-refractivity contribution in [2.75, 3.05) is 0 Å². The van der Waals surface area contributed by atoms with Crippen molar-refractivity contribution in [3.8, 4) is 0 Å². The third-order valence-corrected chi connectivity index (χ3v) is 2.29. The van der Waals surface area contributed by atoms with Crippen LogP contribution in [0.5, 0.6) is 0 Å². The summed E-state index contributed by atoms with van der Waals surface area (Å²) in [6, 6.07) is 6.23. The number of carboxylic acids is 1. The SMILES string of the molecule is O=C(O)c1coc(CCc2cccc(F)c2)n1. The van der Waals surface area contributed by atoms with E-state index in [4.69, 9.17) is 9.52 Å². The highest BCUT2D eigenvalue weighted by molar-refractivity contribution is 5.84. The number of halogens is 1. The topological polar surface area (TPSA) is 63.3 Å². The first kappa shape index (κ1) is 11.3. The summed E-state index contributed by atoms with van der Waals surface area (Å²) in [7, 11) is 0. The standard InChI is InChI=1S/C12H10FNO3/c13-9-3-1-2-8(6-9)4-5-11-14-10(7-17-11)12(15)16/h1-3,6-7H,4-5H2,(H,15,16). The first-order valence-electron chi connectivity index (χ1n) is 5.07. The van der Waals surface area contributed by atoms with Crippen LogP contribution in [0.1, 0.15) is 21.9 Å². The molecule has 0 saturated heterocycles. The number of hydrogen-bond acceptors (Lipinski definition) is 3. The zero-order valence-corrected chi connectivity index (χ0v) is 8.89. The number of carboxylic acid groups (broad SMARTS) is 1. The zero-order chi connectivity index (χ0) is 12.3. The average Bonchev–Trinajstić information content (AvgIpc) is 2.75. The lowest BCUT2D eigenvalue weighted by atomic mass is 10.1. The summed E-state index contributed by atoms with van der Waals surface area (Å²) in [5.74, 6) is -1.07. The summed E-state index contributed by atoms with van der Waals surface area (Å²) in [5, 5.41) is 8.65. The first-order valence-corrected chi connectivity index (χ1v) is 5.07. The number of benzene rings is 1. The molecule has 0 aliphatic rings. The summed E-state index contributed by atoms with van der Waals surface area (Å²) >= 11 is 0. The molecule has 0 bridgehead atoms. The molecule has 2 aromatic rings. The van der Waals surface area contributed by atoms with Crippen molar-refractivity contribution >= 4 is 5.97 Å². The zero-order valence-electron chi connectivity index (χ0n) is 8.89. The molecule has 17 heavy (non-hydrogen) atoms. The quantitative estimate of drug-likeness (QED) is 0.883. The maximum Gasteiger partial charge on any atom is 0.357 e. The maximum absolute atomic E-state index is 12.9. The van der Waals surface area contributed by atoms with Crippen molar-refractivity contribution in [2.24, 2.45) is 0 Å². The van der Waals surface area contributed by atoms with Crippen LogP contribution < -0.4 is 0 Å². The minimum absolute atomic E-state index is 0.112. The Bertz CT molecular complexity index is 536. The molecule has 0 unspecified atom stereocenters. The van der Waals surface area contributed by atoms with Gasteiger partial charge in [0.15, 0.2) is 11.6 Å². The molecule has 4 nitrogen and oxygen atoms in total. The van der Waals surface area contributed by atoms with Gasteiger partial charge in [0.1, 0.15) is 12.1 Å². The second-order valence-corrected chi connectivity index (χ2v) is 3.56. The summed E-state index contributed by atoms with van der Waals surface area (Å²) in [6.07, 6.45) is 2.09. The average molecular weight is 235 g/mol. The van der Waals surface area contributed by atoms with E-state index >= 15 is 0 Å². The van der Waals surface area contributed by atoms with Crippen LogP contribution in [0.4, 0.5) is 4.39 Å². The number of oxazole rings is 1. The lowest BCUT2D eigenvalue weighted by molar-refractivity contribution is 0.0690. The third-order valence-electron chi connectivity index (χ3n) is 2.29. The Hall–Kier alpha value is -2.17. The summed E-state index contributed by atoms with van der Waals surface area (Å²) < 4.78 is 17.9. The minimum Gasteiger partial charge on any atom is -0.476 e. The van der Waals surface area contributed by atoms with Crippen LogP contribution in [-0.4, -0.2) is 16.1 Å². The predicted octanol–water partition coefficient (Wildman–Crippen LogP) is 2.30. The molecule has 0 aliphatic heterocycles. The Morgan fingerprint density at radius 1 is 1.41 bits per heavy atom. The Morgan fingerprint density at radius 3 is 2.88 bits per heavy atom. The van der Waals surface area contributed by atoms with E-state index in [9.17, 15) is 9.18 Å². The van der Waals surface area contributed by atoms with Crippen molar-refractivity contribution in [2.45, 2.75) is 12.8 Å².